The summed E-state index contributed by atoms with van der Waals surface area (Å²) in [7, 11) is 3.99. The average molecular weight is 335 g/mol. The quantitative estimate of drug-likeness (QED) is 0.598. The molecule has 5 heteroatoms. The molecule has 3 heterocycles. The second-order valence-corrected chi connectivity index (χ2v) is 7.11. The first-order chi connectivity index (χ1) is 11.6. The van der Waals surface area contributed by atoms with Crippen molar-refractivity contribution in [2.24, 2.45) is 0 Å². The Morgan fingerprint density at radius 1 is 1.12 bits per heavy atom. The number of aromatic amines is 1. The van der Waals surface area contributed by atoms with Gasteiger partial charge in [-0.25, -0.2) is 4.98 Å². The summed E-state index contributed by atoms with van der Waals surface area (Å²) in [4.78, 5) is 23.7. The predicted octanol–water partition coefficient (Wildman–Crippen LogP) is 4.18. The van der Waals surface area contributed by atoms with E-state index >= 15 is 0 Å². The lowest BCUT2D eigenvalue weighted by Crippen LogP contribution is -2.09. The van der Waals surface area contributed by atoms with Crippen LogP contribution in [0, 0.1) is 6.92 Å². The minimum atomic E-state index is 0.0558. The molecule has 3 aromatic heterocycles. The van der Waals surface area contributed by atoms with Crippen molar-refractivity contribution >= 4 is 37.5 Å². The Morgan fingerprint density at radius 3 is 2.58 bits per heavy atom. The van der Waals surface area contributed by atoms with Gasteiger partial charge in [0.05, 0.1) is 16.6 Å². The van der Waals surface area contributed by atoms with E-state index in [1.165, 1.54) is 16.9 Å². The molecule has 1 aromatic carbocycles. The van der Waals surface area contributed by atoms with E-state index in [-0.39, 0.29) is 5.43 Å². The van der Waals surface area contributed by atoms with E-state index < -0.39 is 0 Å². The van der Waals surface area contributed by atoms with Crippen LogP contribution in [0.3, 0.4) is 0 Å². The number of nitrogens with zero attached hydrogens (tertiary/aromatic N) is 2. The molecule has 4 rings (SSSR count). The molecule has 0 saturated heterocycles. The van der Waals surface area contributed by atoms with E-state index in [0.717, 1.165) is 31.7 Å². The minimum absolute atomic E-state index is 0.0558. The van der Waals surface area contributed by atoms with Crippen LogP contribution in [0.25, 0.3) is 31.6 Å². The average Bonchev–Trinajstić information content (AvgIpc) is 2.96. The SMILES string of the molecule is Cc1ccc(-c2c[nH]c3c(sc4nccc(N(C)C)c43)c2=O)cc1. The van der Waals surface area contributed by atoms with Crippen LogP contribution < -0.4 is 10.3 Å². The van der Waals surface area contributed by atoms with Gasteiger partial charge < -0.3 is 9.88 Å². The molecule has 0 saturated carbocycles. The van der Waals surface area contributed by atoms with Gasteiger partial charge in [0.1, 0.15) is 9.53 Å². The second kappa shape index (κ2) is 5.46. The van der Waals surface area contributed by atoms with Crippen LogP contribution in [0.15, 0.2) is 47.5 Å². The number of fused-ring (bicyclic) bond motifs is 3. The van der Waals surface area contributed by atoms with Crippen molar-refractivity contribution in [3.8, 4) is 11.1 Å². The van der Waals surface area contributed by atoms with Gasteiger partial charge in [-0.1, -0.05) is 29.8 Å². The van der Waals surface area contributed by atoms with E-state index in [4.69, 9.17) is 0 Å². The maximum Gasteiger partial charge on any atom is 0.207 e. The number of thiophene rings is 1. The highest BCUT2D eigenvalue weighted by Gasteiger charge is 2.16. The van der Waals surface area contributed by atoms with Crippen LogP contribution in [0.4, 0.5) is 5.69 Å². The molecule has 0 radical (unpaired) electrons. The summed E-state index contributed by atoms with van der Waals surface area (Å²) >= 11 is 1.45. The van der Waals surface area contributed by atoms with Gasteiger partial charge in [-0.15, -0.1) is 11.3 Å². The van der Waals surface area contributed by atoms with Gasteiger partial charge >= 0.3 is 0 Å². The Hall–Kier alpha value is -2.66. The highest BCUT2D eigenvalue weighted by Crippen LogP contribution is 2.36. The molecule has 0 aliphatic carbocycles. The Kier molecular flexibility index (Phi) is 3.39. The zero-order valence-corrected chi connectivity index (χ0v) is 14.6. The lowest BCUT2D eigenvalue weighted by atomic mass is 10.1. The molecule has 1 N–H and O–H groups in total. The van der Waals surface area contributed by atoms with Crippen molar-refractivity contribution in [3.05, 3.63) is 58.5 Å². The Balaban J connectivity index is 2.04. The Bertz CT molecular complexity index is 1110. The number of H-pyrrole nitrogens is 1. The summed E-state index contributed by atoms with van der Waals surface area (Å²) < 4.78 is 0.727. The van der Waals surface area contributed by atoms with E-state index in [2.05, 4.69) is 9.97 Å². The third-order valence-corrected chi connectivity index (χ3v) is 5.32. The number of aromatic nitrogens is 2. The molecular formula is C19H17N3OS. The second-order valence-electron chi connectivity index (χ2n) is 6.11. The van der Waals surface area contributed by atoms with Crippen LogP contribution in [0.1, 0.15) is 5.56 Å². The van der Waals surface area contributed by atoms with E-state index in [1.807, 2.05) is 62.4 Å². The number of hydrogen-bond acceptors (Lipinski definition) is 4. The topological polar surface area (TPSA) is 49.0 Å². The third kappa shape index (κ3) is 2.20. The lowest BCUT2D eigenvalue weighted by Gasteiger charge is -2.13. The first-order valence-electron chi connectivity index (χ1n) is 7.73. The Labute approximate surface area is 143 Å². The van der Waals surface area contributed by atoms with E-state index in [9.17, 15) is 4.79 Å². The molecule has 4 nitrogen and oxygen atoms in total. The summed E-state index contributed by atoms with van der Waals surface area (Å²) in [5.41, 5.74) is 4.79. The molecule has 0 amide bonds. The summed E-state index contributed by atoms with van der Waals surface area (Å²) in [5, 5.41) is 1.01. The number of benzene rings is 1. The summed E-state index contributed by atoms with van der Waals surface area (Å²) in [5.74, 6) is 0. The molecular weight excluding hydrogens is 318 g/mol. The monoisotopic (exact) mass is 335 g/mol. The molecule has 120 valence electrons. The maximum atomic E-state index is 13.0. The lowest BCUT2D eigenvalue weighted by molar-refractivity contribution is 1.14. The summed E-state index contributed by atoms with van der Waals surface area (Å²) in [6.45, 7) is 2.04. The van der Waals surface area contributed by atoms with E-state index in [1.54, 1.807) is 6.20 Å². The third-order valence-electron chi connectivity index (χ3n) is 4.23. The smallest absolute Gasteiger partial charge is 0.207 e. The summed E-state index contributed by atoms with van der Waals surface area (Å²) in [6.07, 6.45) is 3.60. The number of hydrogen-bond donors (Lipinski definition) is 1. The number of rotatable bonds is 2. The van der Waals surface area contributed by atoms with Crippen molar-refractivity contribution in [2.75, 3.05) is 19.0 Å². The van der Waals surface area contributed by atoms with Crippen LogP contribution in [0.2, 0.25) is 0 Å². The highest BCUT2D eigenvalue weighted by atomic mass is 32.1. The first-order valence-corrected chi connectivity index (χ1v) is 8.55. The maximum absolute atomic E-state index is 13.0. The fourth-order valence-corrected chi connectivity index (χ4v) is 4.04. The largest absolute Gasteiger partial charge is 0.377 e. The Morgan fingerprint density at radius 2 is 1.88 bits per heavy atom. The molecule has 0 atom stereocenters. The van der Waals surface area contributed by atoms with Gasteiger partial charge in [0.2, 0.25) is 5.43 Å². The first kappa shape index (κ1) is 14.9. The van der Waals surface area contributed by atoms with Crippen molar-refractivity contribution in [3.63, 3.8) is 0 Å². The van der Waals surface area contributed by atoms with Crippen molar-refractivity contribution in [1.82, 2.24) is 9.97 Å². The van der Waals surface area contributed by atoms with Crippen LogP contribution >= 0.6 is 11.3 Å². The molecule has 0 aliphatic heterocycles. The van der Waals surface area contributed by atoms with Crippen molar-refractivity contribution in [2.45, 2.75) is 6.92 Å². The molecule has 0 bridgehead atoms. The molecule has 24 heavy (non-hydrogen) atoms. The summed E-state index contributed by atoms with van der Waals surface area (Å²) in [6, 6.07) is 10.00. The standard InChI is InChI=1S/C19H17N3OS/c1-11-4-6-12(7-5-11)13-10-21-16-15-14(22(2)3)8-9-20-19(15)24-18(16)17(13)23/h4-10H,1-3H3,(H,21,23). The van der Waals surface area contributed by atoms with Gasteiger partial charge in [-0.05, 0) is 18.6 Å². The van der Waals surface area contributed by atoms with Gasteiger partial charge in [0.25, 0.3) is 0 Å². The normalized spacial score (nSPS) is 11.3. The number of anilines is 1. The van der Waals surface area contributed by atoms with Crippen molar-refractivity contribution < 1.29 is 0 Å². The van der Waals surface area contributed by atoms with Gasteiger partial charge in [0, 0.05) is 32.1 Å². The number of aryl methyl sites for hydroxylation is 1. The van der Waals surface area contributed by atoms with Crippen molar-refractivity contribution in [1.29, 1.82) is 0 Å². The zero-order valence-electron chi connectivity index (χ0n) is 13.8. The zero-order chi connectivity index (χ0) is 16.8. The molecule has 0 unspecified atom stereocenters. The fraction of sp³-hybridized carbons (Fsp3) is 0.158. The number of pyridine rings is 2. The van der Waals surface area contributed by atoms with Crippen LogP contribution in [-0.4, -0.2) is 24.1 Å². The number of nitrogens with one attached hydrogen (secondary N) is 1. The molecule has 0 aliphatic rings. The fourth-order valence-electron chi connectivity index (χ4n) is 2.96. The highest BCUT2D eigenvalue weighted by molar-refractivity contribution is 7.25. The van der Waals surface area contributed by atoms with Gasteiger partial charge in [-0.3, -0.25) is 4.79 Å². The van der Waals surface area contributed by atoms with Crippen LogP contribution in [-0.2, 0) is 0 Å². The predicted molar refractivity (Wildman–Crippen MR) is 102 cm³/mol. The van der Waals surface area contributed by atoms with Crippen LogP contribution in [0.5, 0.6) is 0 Å². The minimum Gasteiger partial charge on any atom is -0.377 e. The van der Waals surface area contributed by atoms with Gasteiger partial charge in [-0.2, -0.15) is 0 Å². The molecule has 0 fully saturated rings. The molecule has 0 spiro atoms. The molecule has 4 aromatic rings. The van der Waals surface area contributed by atoms with E-state index in [0.29, 0.717) is 5.56 Å². The van der Waals surface area contributed by atoms with Gasteiger partial charge in [0.15, 0.2) is 0 Å².